The lowest BCUT2D eigenvalue weighted by atomic mass is 10.1. The quantitative estimate of drug-likeness (QED) is 0.642. The number of amides is 1. The highest BCUT2D eigenvalue weighted by Crippen LogP contribution is 2.23. The van der Waals surface area contributed by atoms with Crippen LogP contribution in [0.1, 0.15) is 18.4 Å². The van der Waals surface area contributed by atoms with Gasteiger partial charge in [-0.25, -0.2) is 8.42 Å². The van der Waals surface area contributed by atoms with E-state index in [2.05, 4.69) is 10.1 Å². The Morgan fingerprint density at radius 2 is 1.77 bits per heavy atom. The van der Waals surface area contributed by atoms with Crippen LogP contribution in [0.25, 0.3) is 0 Å². The normalized spacial score (nSPS) is 14.3. The molecule has 0 unspecified atom stereocenters. The molecule has 0 atom stereocenters. The van der Waals surface area contributed by atoms with Crippen LogP contribution >= 0.6 is 0 Å². The van der Waals surface area contributed by atoms with Crippen molar-refractivity contribution in [3.8, 4) is 5.75 Å². The number of carbonyl (C=O) groups excluding carboxylic acids is 2. The maximum atomic E-state index is 12.7. The van der Waals surface area contributed by atoms with Crippen molar-refractivity contribution in [2.45, 2.75) is 24.2 Å². The number of anilines is 1. The average molecular weight is 432 g/mol. The van der Waals surface area contributed by atoms with Crippen LogP contribution in [-0.4, -0.2) is 51.4 Å². The molecule has 160 valence electrons. The lowest BCUT2D eigenvalue weighted by molar-refractivity contribution is -0.139. The van der Waals surface area contributed by atoms with Gasteiger partial charge in [-0.15, -0.1) is 0 Å². The van der Waals surface area contributed by atoms with Gasteiger partial charge < -0.3 is 14.8 Å². The van der Waals surface area contributed by atoms with E-state index >= 15 is 0 Å². The van der Waals surface area contributed by atoms with Crippen molar-refractivity contribution < 1.29 is 27.5 Å². The highest BCUT2D eigenvalue weighted by atomic mass is 32.2. The third-order valence-electron chi connectivity index (χ3n) is 4.69. The number of nitrogens with zero attached hydrogens (tertiary/aromatic N) is 1. The standard InChI is InChI=1S/C21H24N2O6S/c1-28-21(25)13-16-7-9-18(10-8-16)29-15-20(24)22-17-5-4-6-19(14-17)30(26,27)23-11-2-3-12-23/h4-10,14H,2-3,11-13,15H2,1H3,(H,22,24). The van der Waals surface area contributed by atoms with E-state index in [-0.39, 0.29) is 23.9 Å². The van der Waals surface area contributed by atoms with Gasteiger partial charge >= 0.3 is 5.97 Å². The average Bonchev–Trinajstić information content (AvgIpc) is 3.29. The van der Waals surface area contributed by atoms with Crippen LogP contribution in [0.3, 0.4) is 0 Å². The second-order valence-corrected chi connectivity index (χ2v) is 8.81. The van der Waals surface area contributed by atoms with Crippen molar-refractivity contribution in [2.24, 2.45) is 0 Å². The molecule has 0 aliphatic carbocycles. The Morgan fingerprint density at radius 1 is 1.07 bits per heavy atom. The molecule has 1 N–H and O–H groups in total. The van der Waals surface area contributed by atoms with Crippen LogP contribution in [0.4, 0.5) is 5.69 Å². The summed E-state index contributed by atoms with van der Waals surface area (Å²) in [5.41, 5.74) is 1.16. The summed E-state index contributed by atoms with van der Waals surface area (Å²) in [6, 6.07) is 13.0. The number of ether oxygens (including phenoxy) is 2. The molecule has 1 aliphatic heterocycles. The topological polar surface area (TPSA) is 102 Å². The fourth-order valence-corrected chi connectivity index (χ4v) is 4.66. The Balaban J connectivity index is 1.56. The number of nitrogens with one attached hydrogen (secondary N) is 1. The molecule has 1 aliphatic rings. The van der Waals surface area contributed by atoms with E-state index < -0.39 is 15.9 Å². The fraction of sp³-hybridized carbons (Fsp3) is 0.333. The van der Waals surface area contributed by atoms with Gasteiger partial charge in [0, 0.05) is 18.8 Å². The van der Waals surface area contributed by atoms with E-state index in [1.165, 1.54) is 23.5 Å². The zero-order chi connectivity index (χ0) is 21.6. The van der Waals surface area contributed by atoms with Gasteiger partial charge in [-0.05, 0) is 48.7 Å². The molecule has 0 spiro atoms. The molecule has 1 saturated heterocycles. The summed E-state index contributed by atoms with van der Waals surface area (Å²) in [5.74, 6) is -0.273. The highest BCUT2D eigenvalue weighted by Gasteiger charge is 2.27. The molecule has 2 aromatic carbocycles. The molecule has 0 aromatic heterocycles. The molecule has 1 heterocycles. The smallest absolute Gasteiger partial charge is 0.309 e. The SMILES string of the molecule is COC(=O)Cc1ccc(OCC(=O)Nc2cccc(S(=O)(=O)N3CCCC3)c2)cc1. The molecular weight excluding hydrogens is 408 g/mol. The second-order valence-electron chi connectivity index (χ2n) is 6.87. The predicted octanol–water partition coefficient (Wildman–Crippen LogP) is 2.20. The minimum absolute atomic E-state index is 0.157. The van der Waals surface area contributed by atoms with Crippen molar-refractivity contribution in [1.82, 2.24) is 4.31 Å². The van der Waals surface area contributed by atoms with Gasteiger partial charge in [0.25, 0.3) is 5.91 Å². The van der Waals surface area contributed by atoms with Crippen LogP contribution in [-0.2, 0) is 30.8 Å². The van der Waals surface area contributed by atoms with Gasteiger partial charge in [0.1, 0.15) is 5.75 Å². The van der Waals surface area contributed by atoms with Crippen LogP contribution in [0.2, 0.25) is 0 Å². The Kier molecular flexibility index (Phi) is 7.07. The highest BCUT2D eigenvalue weighted by molar-refractivity contribution is 7.89. The second kappa shape index (κ2) is 9.73. The Hall–Kier alpha value is -2.91. The molecule has 0 radical (unpaired) electrons. The van der Waals surface area contributed by atoms with Crippen LogP contribution in [0, 0.1) is 0 Å². The van der Waals surface area contributed by atoms with Crippen LogP contribution in [0.15, 0.2) is 53.4 Å². The Morgan fingerprint density at radius 3 is 2.43 bits per heavy atom. The maximum Gasteiger partial charge on any atom is 0.309 e. The van der Waals surface area contributed by atoms with Gasteiger partial charge in [-0.2, -0.15) is 4.31 Å². The molecule has 30 heavy (non-hydrogen) atoms. The van der Waals surface area contributed by atoms with Gasteiger partial charge in [-0.1, -0.05) is 18.2 Å². The molecule has 2 aromatic rings. The zero-order valence-electron chi connectivity index (χ0n) is 16.7. The van der Waals surface area contributed by atoms with Crippen LogP contribution in [0.5, 0.6) is 5.75 Å². The van der Waals surface area contributed by atoms with Crippen molar-refractivity contribution in [1.29, 1.82) is 0 Å². The first-order chi connectivity index (χ1) is 14.4. The van der Waals surface area contributed by atoms with Crippen molar-refractivity contribution in [2.75, 3.05) is 32.1 Å². The predicted molar refractivity (Wildman–Crippen MR) is 111 cm³/mol. The first kappa shape index (κ1) is 21.8. The monoisotopic (exact) mass is 432 g/mol. The minimum Gasteiger partial charge on any atom is -0.484 e. The first-order valence-corrected chi connectivity index (χ1v) is 11.0. The number of methoxy groups -OCH3 is 1. The lowest BCUT2D eigenvalue weighted by Gasteiger charge is -2.16. The first-order valence-electron chi connectivity index (χ1n) is 9.57. The van der Waals surface area contributed by atoms with E-state index in [1.807, 2.05) is 0 Å². The molecule has 9 heteroatoms. The summed E-state index contributed by atoms with van der Waals surface area (Å²) >= 11 is 0. The third-order valence-corrected chi connectivity index (χ3v) is 6.58. The Labute approximate surface area is 175 Å². The van der Waals surface area contributed by atoms with E-state index in [0.717, 1.165) is 18.4 Å². The van der Waals surface area contributed by atoms with Gasteiger partial charge in [0.15, 0.2) is 6.61 Å². The summed E-state index contributed by atoms with van der Waals surface area (Å²) < 4.78 is 36.8. The third kappa shape index (κ3) is 5.58. The van der Waals surface area contributed by atoms with E-state index in [9.17, 15) is 18.0 Å². The van der Waals surface area contributed by atoms with E-state index in [4.69, 9.17) is 4.74 Å². The summed E-state index contributed by atoms with van der Waals surface area (Å²) in [4.78, 5) is 23.6. The fourth-order valence-electron chi connectivity index (χ4n) is 3.10. The maximum absolute atomic E-state index is 12.7. The van der Waals surface area contributed by atoms with Gasteiger partial charge in [0.2, 0.25) is 10.0 Å². The van der Waals surface area contributed by atoms with E-state index in [1.54, 1.807) is 36.4 Å². The number of benzene rings is 2. The minimum atomic E-state index is -3.55. The lowest BCUT2D eigenvalue weighted by Crippen LogP contribution is -2.28. The number of sulfonamides is 1. The van der Waals surface area contributed by atoms with E-state index in [0.29, 0.717) is 24.5 Å². The summed E-state index contributed by atoms with van der Waals surface area (Å²) in [7, 11) is -2.22. The summed E-state index contributed by atoms with van der Waals surface area (Å²) in [5, 5.41) is 2.65. The van der Waals surface area contributed by atoms with Crippen molar-refractivity contribution >= 4 is 27.6 Å². The number of carbonyl (C=O) groups is 2. The molecule has 1 fully saturated rings. The molecule has 1 amide bonds. The molecule has 0 saturated carbocycles. The van der Waals surface area contributed by atoms with Gasteiger partial charge in [0.05, 0.1) is 18.4 Å². The zero-order valence-corrected chi connectivity index (χ0v) is 17.5. The molecule has 0 bridgehead atoms. The molecule has 8 nitrogen and oxygen atoms in total. The number of hydrogen-bond acceptors (Lipinski definition) is 6. The van der Waals surface area contributed by atoms with Crippen molar-refractivity contribution in [3.05, 3.63) is 54.1 Å². The Bertz CT molecular complexity index is 998. The summed E-state index contributed by atoms with van der Waals surface area (Å²) in [6.07, 6.45) is 1.88. The largest absolute Gasteiger partial charge is 0.484 e. The summed E-state index contributed by atoms with van der Waals surface area (Å²) in [6.45, 7) is 0.801. The van der Waals surface area contributed by atoms with Gasteiger partial charge in [-0.3, -0.25) is 9.59 Å². The number of esters is 1. The van der Waals surface area contributed by atoms with Crippen LogP contribution < -0.4 is 10.1 Å². The number of hydrogen-bond donors (Lipinski definition) is 1. The number of rotatable bonds is 8. The molecular formula is C21H24N2O6S. The molecule has 3 rings (SSSR count). The van der Waals surface area contributed by atoms with Crippen molar-refractivity contribution in [3.63, 3.8) is 0 Å².